The molecule has 1 saturated carbocycles. The summed E-state index contributed by atoms with van der Waals surface area (Å²) in [5.41, 5.74) is 2.41. The number of nitrogens with zero attached hydrogens (tertiary/aromatic N) is 2. The molecule has 172 valence electrons. The van der Waals surface area contributed by atoms with Crippen LogP contribution in [-0.4, -0.2) is 21.0 Å². The lowest BCUT2D eigenvalue weighted by Gasteiger charge is -2.28. The molecular weight excluding hydrogens is 433 g/mol. The van der Waals surface area contributed by atoms with Crippen molar-refractivity contribution in [2.24, 2.45) is 5.92 Å². The van der Waals surface area contributed by atoms with Crippen molar-refractivity contribution in [3.05, 3.63) is 66.2 Å². The number of hydrogen-bond acceptors (Lipinski definition) is 4. The molecule has 0 aliphatic heterocycles. The Hall–Kier alpha value is -3.49. The van der Waals surface area contributed by atoms with Crippen LogP contribution in [0, 0.1) is 5.92 Å². The van der Waals surface area contributed by atoms with Crippen molar-refractivity contribution in [2.75, 3.05) is 5.32 Å². The molecule has 9 heteroatoms. The molecule has 1 aliphatic carbocycles. The number of carboxylic acids is 1. The van der Waals surface area contributed by atoms with E-state index in [1.165, 1.54) is 11.6 Å². The van der Waals surface area contributed by atoms with Crippen LogP contribution in [0.4, 0.5) is 24.7 Å². The van der Waals surface area contributed by atoms with Crippen LogP contribution in [0.5, 0.6) is 0 Å². The Morgan fingerprint density at radius 1 is 1.03 bits per heavy atom. The number of aromatic amines is 1. The van der Waals surface area contributed by atoms with Crippen LogP contribution < -0.4 is 10.3 Å². The number of hydrogen-bond donors (Lipinski definition) is 2. The van der Waals surface area contributed by atoms with Crippen molar-refractivity contribution in [3.8, 4) is 11.3 Å². The van der Waals surface area contributed by atoms with Crippen molar-refractivity contribution in [3.63, 3.8) is 0 Å². The number of nitrogens with one attached hydrogen (secondary N) is 2. The number of halogens is 3. The van der Waals surface area contributed by atoms with E-state index in [2.05, 4.69) is 32.4 Å². The van der Waals surface area contributed by atoms with Gasteiger partial charge in [-0.2, -0.15) is 13.2 Å². The highest BCUT2D eigenvalue weighted by molar-refractivity contribution is 5.67. The standard InChI is InChI=1S/C24H23F3N4O2/c25-24(26,27)21-10-9-19(12-29-21)31-22-14-28-20(13-30-22)18-7-5-17(6-8-18)16-3-1-15(2-4-16)11-23(32)33/h5-10,12-16H,1-4,11H2,(H,30,31)(H,32,33)/p+1. The van der Waals surface area contributed by atoms with E-state index in [4.69, 9.17) is 5.11 Å². The quantitative estimate of drug-likeness (QED) is 0.513. The van der Waals surface area contributed by atoms with Crippen molar-refractivity contribution in [1.82, 2.24) is 9.97 Å². The summed E-state index contributed by atoms with van der Waals surface area (Å²) < 4.78 is 37.9. The van der Waals surface area contributed by atoms with Gasteiger partial charge in [-0.3, -0.25) is 4.79 Å². The van der Waals surface area contributed by atoms with Crippen LogP contribution in [0.1, 0.15) is 49.3 Å². The highest BCUT2D eigenvalue weighted by Gasteiger charge is 2.32. The van der Waals surface area contributed by atoms with Crippen molar-refractivity contribution in [2.45, 2.75) is 44.2 Å². The van der Waals surface area contributed by atoms with Crippen molar-refractivity contribution >= 4 is 17.5 Å². The predicted molar refractivity (Wildman–Crippen MR) is 116 cm³/mol. The van der Waals surface area contributed by atoms with E-state index in [0.29, 0.717) is 17.4 Å². The second kappa shape index (κ2) is 9.56. The summed E-state index contributed by atoms with van der Waals surface area (Å²) in [6.07, 6.45) is 4.10. The molecule has 0 spiro atoms. The Balaban J connectivity index is 1.36. The zero-order valence-corrected chi connectivity index (χ0v) is 17.8. The minimum atomic E-state index is -4.47. The topological polar surface area (TPSA) is 89.2 Å². The molecule has 0 atom stereocenters. The summed E-state index contributed by atoms with van der Waals surface area (Å²) in [4.78, 5) is 21.8. The van der Waals surface area contributed by atoms with Gasteiger partial charge in [-0.05, 0) is 55.2 Å². The fourth-order valence-electron chi connectivity index (χ4n) is 4.24. The van der Waals surface area contributed by atoms with E-state index in [0.717, 1.165) is 49.2 Å². The van der Waals surface area contributed by atoms with Crippen LogP contribution >= 0.6 is 0 Å². The number of H-pyrrole nitrogens is 1. The summed E-state index contributed by atoms with van der Waals surface area (Å²) >= 11 is 0. The van der Waals surface area contributed by atoms with Gasteiger partial charge in [-0.1, -0.05) is 24.3 Å². The molecule has 1 aromatic carbocycles. The summed E-state index contributed by atoms with van der Waals surface area (Å²) in [6.45, 7) is 0. The molecule has 0 radical (unpaired) electrons. The average Bonchev–Trinajstić information content (AvgIpc) is 2.80. The van der Waals surface area contributed by atoms with Crippen LogP contribution in [0.3, 0.4) is 0 Å². The number of pyridine rings is 1. The van der Waals surface area contributed by atoms with Crippen LogP contribution in [0.2, 0.25) is 0 Å². The molecule has 1 fully saturated rings. The maximum Gasteiger partial charge on any atom is 0.433 e. The molecule has 2 aromatic heterocycles. The van der Waals surface area contributed by atoms with E-state index < -0.39 is 17.8 Å². The first kappa shape index (κ1) is 22.7. The number of benzene rings is 1. The van der Waals surface area contributed by atoms with E-state index in [-0.39, 0.29) is 12.3 Å². The second-order valence-corrected chi connectivity index (χ2v) is 8.34. The first-order valence-electron chi connectivity index (χ1n) is 10.8. The molecule has 0 amide bonds. The average molecular weight is 457 g/mol. The Labute approximate surface area is 188 Å². The largest absolute Gasteiger partial charge is 0.481 e. The van der Waals surface area contributed by atoms with E-state index in [1.807, 2.05) is 12.1 Å². The van der Waals surface area contributed by atoms with Gasteiger partial charge in [0.15, 0.2) is 0 Å². The van der Waals surface area contributed by atoms with Gasteiger partial charge >= 0.3 is 12.1 Å². The first-order valence-corrected chi connectivity index (χ1v) is 10.8. The Morgan fingerprint density at radius 3 is 2.30 bits per heavy atom. The predicted octanol–water partition coefficient (Wildman–Crippen LogP) is 5.47. The maximum absolute atomic E-state index is 12.6. The van der Waals surface area contributed by atoms with E-state index >= 15 is 0 Å². The number of alkyl halides is 3. The molecule has 2 heterocycles. The van der Waals surface area contributed by atoms with Crippen molar-refractivity contribution in [1.29, 1.82) is 0 Å². The van der Waals surface area contributed by atoms with E-state index in [9.17, 15) is 18.0 Å². The van der Waals surface area contributed by atoms with Crippen LogP contribution in [0.25, 0.3) is 11.3 Å². The van der Waals surface area contributed by atoms with Gasteiger partial charge < -0.3 is 5.11 Å². The lowest BCUT2D eigenvalue weighted by atomic mass is 9.77. The second-order valence-electron chi connectivity index (χ2n) is 8.34. The van der Waals surface area contributed by atoms with Gasteiger partial charge in [0.25, 0.3) is 5.82 Å². The fraction of sp³-hybridized carbons (Fsp3) is 0.333. The normalized spacial score (nSPS) is 18.6. The van der Waals surface area contributed by atoms with E-state index in [1.54, 1.807) is 12.4 Å². The molecule has 4 rings (SSSR count). The smallest absolute Gasteiger partial charge is 0.433 e. The first-order chi connectivity index (χ1) is 15.8. The van der Waals surface area contributed by atoms with Crippen molar-refractivity contribution < 1.29 is 28.1 Å². The highest BCUT2D eigenvalue weighted by atomic mass is 19.4. The minimum Gasteiger partial charge on any atom is -0.481 e. The van der Waals surface area contributed by atoms with Gasteiger partial charge in [0.1, 0.15) is 29.5 Å². The van der Waals surface area contributed by atoms with Crippen LogP contribution in [-0.2, 0) is 11.0 Å². The van der Waals surface area contributed by atoms with Gasteiger partial charge in [0.05, 0.1) is 6.20 Å². The molecule has 1 aliphatic rings. The lowest BCUT2D eigenvalue weighted by Crippen LogP contribution is -2.16. The molecule has 0 saturated heterocycles. The minimum absolute atomic E-state index is 0.258. The number of aromatic nitrogens is 3. The van der Waals surface area contributed by atoms with Gasteiger partial charge in [0.2, 0.25) is 0 Å². The third-order valence-electron chi connectivity index (χ3n) is 6.02. The summed E-state index contributed by atoms with van der Waals surface area (Å²) in [5.74, 6) is 0.537. The number of anilines is 2. The maximum atomic E-state index is 12.6. The fourth-order valence-corrected chi connectivity index (χ4v) is 4.24. The summed E-state index contributed by atoms with van der Waals surface area (Å²) in [5, 5.41) is 11.9. The zero-order chi connectivity index (χ0) is 23.4. The third kappa shape index (κ3) is 5.85. The van der Waals surface area contributed by atoms with Crippen LogP contribution in [0.15, 0.2) is 55.0 Å². The monoisotopic (exact) mass is 457 g/mol. The number of carbonyl (C=O) groups is 1. The Bertz CT molecular complexity index is 1080. The third-order valence-corrected chi connectivity index (χ3v) is 6.02. The summed E-state index contributed by atoms with van der Waals surface area (Å²) in [7, 11) is 0. The lowest BCUT2D eigenvalue weighted by molar-refractivity contribution is -0.360. The zero-order valence-electron chi connectivity index (χ0n) is 17.8. The molecule has 33 heavy (non-hydrogen) atoms. The Kier molecular flexibility index (Phi) is 6.57. The molecule has 3 N–H and O–H groups in total. The molecule has 0 unspecified atom stereocenters. The number of aliphatic carboxylic acids is 1. The Morgan fingerprint density at radius 2 is 1.76 bits per heavy atom. The summed E-state index contributed by atoms with van der Waals surface area (Å²) in [6, 6.07) is 10.5. The highest BCUT2D eigenvalue weighted by Crippen LogP contribution is 2.37. The number of carboxylic acid groups (broad SMARTS) is 1. The van der Waals surface area contributed by atoms with Gasteiger partial charge in [0, 0.05) is 12.0 Å². The van der Waals surface area contributed by atoms with Gasteiger partial charge in [-0.15, -0.1) is 0 Å². The SMILES string of the molecule is O=C(O)CC1CCC(c2ccc(-c3c[nH+]c(Nc4ccc(C(F)(F)F)nc4)cn3)cc2)CC1. The molecule has 6 nitrogen and oxygen atoms in total. The molecular formula is C24H24F3N4O2+. The number of rotatable bonds is 6. The molecule has 3 aromatic rings. The molecule has 0 bridgehead atoms. The van der Waals surface area contributed by atoms with Gasteiger partial charge in [-0.25, -0.2) is 20.3 Å².